The van der Waals surface area contributed by atoms with Crippen LogP contribution in [0.4, 0.5) is 0 Å². The van der Waals surface area contributed by atoms with Crippen LogP contribution in [0.5, 0.6) is 0 Å². The lowest BCUT2D eigenvalue weighted by Gasteiger charge is -1.93. The lowest BCUT2D eigenvalue weighted by molar-refractivity contribution is 1.87. The van der Waals surface area contributed by atoms with Crippen molar-refractivity contribution in [1.29, 1.82) is 0 Å². The Kier molecular flexibility index (Phi) is 1.79. The third-order valence-corrected chi connectivity index (χ3v) is 5.67. The Morgan fingerprint density at radius 2 is 1.40 bits per heavy atom. The Morgan fingerprint density at radius 3 is 2.25 bits per heavy atom. The maximum absolute atomic E-state index is 12.6. The SMILES string of the molecule is O=c1c2cscc2c2ccc3c4ccsc4c(=O)c3c12. The molecule has 94 valence electrons. The first-order valence-corrected chi connectivity index (χ1v) is 8.00. The van der Waals surface area contributed by atoms with Crippen molar-refractivity contribution in [3.8, 4) is 0 Å². The number of hydrogen-bond donors (Lipinski definition) is 0. The molecule has 0 unspecified atom stereocenters. The third kappa shape index (κ3) is 1.03. The second kappa shape index (κ2) is 3.34. The van der Waals surface area contributed by atoms with Gasteiger partial charge in [-0.05, 0) is 27.6 Å². The number of fused-ring (bicyclic) bond motifs is 7. The summed E-state index contributed by atoms with van der Waals surface area (Å²) in [6.45, 7) is 0. The van der Waals surface area contributed by atoms with Gasteiger partial charge >= 0.3 is 0 Å². The van der Waals surface area contributed by atoms with Crippen molar-refractivity contribution in [2.24, 2.45) is 0 Å². The lowest BCUT2D eigenvalue weighted by Crippen LogP contribution is -1.99. The molecule has 0 atom stereocenters. The van der Waals surface area contributed by atoms with Crippen molar-refractivity contribution in [3.05, 3.63) is 54.8 Å². The van der Waals surface area contributed by atoms with Crippen LogP contribution in [0.1, 0.15) is 0 Å². The van der Waals surface area contributed by atoms with E-state index in [1.165, 1.54) is 22.7 Å². The van der Waals surface area contributed by atoms with E-state index in [0.717, 1.165) is 31.6 Å². The van der Waals surface area contributed by atoms with Gasteiger partial charge in [0, 0.05) is 32.3 Å². The molecule has 2 heterocycles. The summed E-state index contributed by atoms with van der Waals surface area (Å²) in [6.07, 6.45) is 0. The standard InChI is InChI=1S/C16H6O2S2/c17-14-11-6-19-5-10(11)8-2-1-7-9-3-4-20-16(9)15(18)13(7)12(8)14/h1-6H. The monoisotopic (exact) mass is 294 g/mol. The first kappa shape index (κ1) is 10.7. The minimum atomic E-state index is -0.00315. The van der Waals surface area contributed by atoms with Crippen molar-refractivity contribution in [1.82, 2.24) is 0 Å². The van der Waals surface area contributed by atoms with Gasteiger partial charge in [0.25, 0.3) is 0 Å². The Bertz CT molecular complexity index is 1130. The van der Waals surface area contributed by atoms with Gasteiger partial charge in [0.2, 0.25) is 5.43 Å². The van der Waals surface area contributed by atoms with E-state index in [1.54, 1.807) is 0 Å². The molecule has 0 aliphatic heterocycles. The van der Waals surface area contributed by atoms with Gasteiger partial charge < -0.3 is 0 Å². The van der Waals surface area contributed by atoms with Gasteiger partial charge in [-0.15, -0.1) is 11.3 Å². The van der Waals surface area contributed by atoms with E-state index in [0.29, 0.717) is 10.8 Å². The molecule has 3 aromatic carbocycles. The van der Waals surface area contributed by atoms with Crippen molar-refractivity contribution in [2.45, 2.75) is 0 Å². The zero-order valence-corrected chi connectivity index (χ0v) is 11.7. The highest BCUT2D eigenvalue weighted by Crippen LogP contribution is 2.35. The molecule has 0 radical (unpaired) electrons. The summed E-state index contributed by atoms with van der Waals surface area (Å²) >= 11 is 2.98. The molecule has 0 saturated carbocycles. The van der Waals surface area contributed by atoms with Crippen molar-refractivity contribution in [3.63, 3.8) is 0 Å². The molecule has 0 saturated heterocycles. The van der Waals surface area contributed by atoms with E-state index in [9.17, 15) is 9.59 Å². The predicted octanol–water partition coefficient (Wildman–Crippen LogP) is 4.02. The number of hydrogen-bond acceptors (Lipinski definition) is 4. The average Bonchev–Trinajstić information content (AvgIpc) is 3.17. The highest BCUT2D eigenvalue weighted by atomic mass is 32.1. The molecule has 0 fully saturated rings. The van der Waals surface area contributed by atoms with Crippen LogP contribution in [0.3, 0.4) is 0 Å². The van der Waals surface area contributed by atoms with Gasteiger partial charge in [-0.1, -0.05) is 12.1 Å². The lowest BCUT2D eigenvalue weighted by atomic mass is 10.1. The Balaban J connectivity index is 2.27. The van der Waals surface area contributed by atoms with Crippen molar-refractivity contribution >= 4 is 65.1 Å². The fourth-order valence-corrected chi connectivity index (χ4v) is 4.83. The molecule has 5 rings (SSSR count). The van der Waals surface area contributed by atoms with Gasteiger partial charge in [-0.3, -0.25) is 9.59 Å². The maximum atomic E-state index is 12.6. The van der Waals surface area contributed by atoms with Crippen LogP contribution in [0.15, 0.2) is 43.9 Å². The van der Waals surface area contributed by atoms with Gasteiger partial charge in [0.15, 0.2) is 5.43 Å². The highest BCUT2D eigenvalue weighted by molar-refractivity contribution is 7.17. The Labute approximate surface area is 120 Å². The Morgan fingerprint density at radius 1 is 0.700 bits per heavy atom. The first-order chi connectivity index (χ1) is 9.77. The summed E-state index contributed by atoms with van der Waals surface area (Å²) in [7, 11) is 0. The van der Waals surface area contributed by atoms with E-state index in [4.69, 9.17) is 0 Å². The Hall–Kier alpha value is -2.04. The molecular weight excluding hydrogens is 288 g/mol. The van der Waals surface area contributed by atoms with Crippen LogP contribution in [-0.4, -0.2) is 0 Å². The van der Waals surface area contributed by atoms with Crippen molar-refractivity contribution < 1.29 is 0 Å². The summed E-state index contributed by atoms with van der Waals surface area (Å²) in [4.78, 5) is 25.2. The summed E-state index contributed by atoms with van der Waals surface area (Å²) in [5.74, 6) is 0. The average molecular weight is 294 g/mol. The van der Waals surface area contributed by atoms with Crippen LogP contribution in [0, 0.1) is 0 Å². The van der Waals surface area contributed by atoms with E-state index < -0.39 is 0 Å². The summed E-state index contributed by atoms with van der Waals surface area (Å²) in [5, 5.41) is 11.5. The largest absolute Gasteiger partial charge is 0.289 e. The van der Waals surface area contributed by atoms with Gasteiger partial charge in [0.1, 0.15) is 0 Å². The van der Waals surface area contributed by atoms with E-state index in [2.05, 4.69) is 0 Å². The van der Waals surface area contributed by atoms with Crippen LogP contribution in [0.2, 0.25) is 0 Å². The van der Waals surface area contributed by atoms with E-state index in [-0.39, 0.29) is 10.9 Å². The molecule has 2 nitrogen and oxygen atoms in total. The summed E-state index contributed by atoms with van der Waals surface area (Å²) < 4.78 is 0.760. The summed E-state index contributed by atoms with van der Waals surface area (Å²) in [6, 6.07) is 5.92. The normalized spacial score (nSPS) is 12.4. The topological polar surface area (TPSA) is 34.1 Å². The van der Waals surface area contributed by atoms with Crippen molar-refractivity contribution in [2.75, 3.05) is 0 Å². The number of thiophene rings is 2. The third-order valence-electron chi connectivity index (χ3n) is 4.02. The zero-order valence-electron chi connectivity index (χ0n) is 10.1. The molecule has 4 heteroatoms. The minimum Gasteiger partial charge on any atom is -0.289 e. The van der Waals surface area contributed by atoms with Gasteiger partial charge in [-0.2, -0.15) is 11.3 Å². The van der Waals surface area contributed by atoms with Gasteiger partial charge in [0.05, 0.1) is 4.70 Å². The second-order valence-electron chi connectivity index (χ2n) is 4.93. The highest BCUT2D eigenvalue weighted by Gasteiger charge is 2.19. The molecule has 0 spiro atoms. The molecule has 2 aromatic heterocycles. The summed E-state index contributed by atoms with van der Waals surface area (Å²) in [5.41, 5.74) is 0.000583. The molecular formula is C16H6O2S2. The predicted molar refractivity (Wildman–Crippen MR) is 87.1 cm³/mol. The van der Waals surface area contributed by atoms with Crippen LogP contribution in [0.25, 0.3) is 42.4 Å². The number of rotatable bonds is 0. The van der Waals surface area contributed by atoms with Crippen LogP contribution in [-0.2, 0) is 0 Å². The fraction of sp³-hybridized carbons (Fsp3) is 0. The fourth-order valence-electron chi connectivity index (χ4n) is 3.15. The van der Waals surface area contributed by atoms with E-state index >= 15 is 0 Å². The van der Waals surface area contributed by atoms with Crippen LogP contribution >= 0.6 is 22.7 Å². The molecule has 0 N–H and O–H groups in total. The smallest absolute Gasteiger partial charge is 0.204 e. The maximum Gasteiger partial charge on any atom is 0.204 e. The molecule has 0 amide bonds. The molecule has 5 aromatic rings. The van der Waals surface area contributed by atoms with E-state index in [1.807, 2.05) is 34.3 Å². The van der Waals surface area contributed by atoms with Gasteiger partial charge in [-0.25, -0.2) is 0 Å². The molecule has 0 aliphatic rings. The second-order valence-corrected chi connectivity index (χ2v) is 6.59. The van der Waals surface area contributed by atoms with Crippen LogP contribution < -0.4 is 10.9 Å². The molecule has 0 bridgehead atoms. The molecule has 20 heavy (non-hydrogen) atoms. The molecule has 0 aliphatic carbocycles. The first-order valence-electron chi connectivity index (χ1n) is 6.18. The minimum absolute atomic E-state index is 0.00315. The quantitative estimate of drug-likeness (QED) is 0.432. The number of benzene rings is 1. The zero-order chi connectivity index (χ0) is 13.4.